The molecule has 1 fully saturated rings. The molecule has 0 aromatic heterocycles. The largest absolute Gasteiger partial charge is 0.452 e. The fourth-order valence-electron chi connectivity index (χ4n) is 1.21. The fourth-order valence-corrected chi connectivity index (χ4v) is 1.21. The number of hydrogen-bond acceptors (Lipinski definition) is 3. The zero-order valence-corrected chi connectivity index (χ0v) is 7.21. The van der Waals surface area contributed by atoms with Crippen LogP contribution < -0.4 is 5.32 Å². The van der Waals surface area contributed by atoms with Crippen molar-refractivity contribution in [3.63, 3.8) is 0 Å². The van der Waals surface area contributed by atoms with E-state index in [9.17, 15) is 9.59 Å². The molecule has 0 radical (unpaired) electrons. The Balaban J connectivity index is 2.45. The molecule has 1 aliphatic rings. The second kappa shape index (κ2) is 4.51. The van der Waals surface area contributed by atoms with Crippen LogP contribution in [0.25, 0.3) is 0 Å². The van der Waals surface area contributed by atoms with Crippen molar-refractivity contribution in [2.45, 2.75) is 12.8 Å². The summed E-state index contributed by atoms with van der Waals surface area (Å²) in [7, 11) is 0. The lowest BCUT2D eigenvalue weighted by Gasteiger charge is -2.19. The summed E-state index contributed by atoms with van der Waals surface area (Å²) in [6.45, 7) is 0.570. The van der Waals surface area contributed by atoms with E-state index in [1.807, 2.05) is 0 Å². The Labute approximate surface area is 76.6 Å². The number of piperidine rings is 1. The number of nitrogens with one attached hydrogen (secondary N) is 1. The van der Waals surface area contributed by atoms with E-state index in [0.717, 1.165) is 6.42 Å². The Morgan fingerprint density at radius 1 is 1.77 bits per heavy atom. The van der Waals surface area contributed by atoms with E-state index in [0.29, 0.717) is 13.0 Å². The van der Waals surface area contributed by atoms with Gasteiger partial charge in [-0.25, -0.2) is 0 Å². The summed E-state index contributed by atoms with van der Waals surface area (Å²) in [5.41, 5.74) is 0. The second-order valence-corrected chi connectivity index (χ2v) is 2.80. The van der Waals surface area contributed by atoms with Crippen LogP contribution in [0.4, 0.5) is 0 Å². The minimum Gasteiger partial charge on any atom is -0.452 e. The third-order valence-electron chi connectivity index (χ3n) is 1.87. The van der Waals surface area contributed by atoms with Crippen LogP contribution in [-0.2, 0) is 14.3 Å². The molecule has 4 nitrogen and oxygen atoms in total. The standard InChI is InChI=1S/C9H11NO3/c1-2-6-13-9(12)7-4-3-5-10-8(7)11/h1,7H,3-6H2,(H,10,11). The van der Waals surface area contributed by atoms with Crippen molar-refractivity contribution in [2.24, 2.45) is 5.92 Å². The summed E-state index contributed by atoms with van der Waals surface area (Å²) < 4.78 is 4.67. The summed E-state index contributed by atoms with van der Waals surface area (Å²) in [4.78, 5) is 22.3. The first kappa shape index (κ1) is 9.59. The smallest absolute Gasteiger partial charge is 0.319 e. The number of carbonyl (C=O) groups is 2. The Morgan fingerprint density at radius 2 is 2.54 bits per heavy atom. The highest BCUT2D eigenvalue weighted by Gasteiger charge is 2.29. The second-order valence-electron chi connectivity index (χ2n) is 2.80. The molecular weight excluding hydrogens is 170 g/mol. The van der Waals surface area contributed by atoms with Gasteiger partial charge in [-0.1, -0.05) is 5.92 Å². The molecule has 70 valence electrons. The SMILES string of the molecule is C#CCOC(=O)C1CCCNC1=O. The van der Waals surface area contributed by atoms with Gasteiger partial charge in [-0.15, -0.1) is 6.42 Å². The van der Waals surface area contributed by atoms with E-state index >= 15 is 0 Å². The molecule has 0 spiro atoms. The number of carbonyl (C=O) groups excluding carboxylic acids is 2. The van der Waals surface area contributed by atoms with Gasteiger partial charge in [0.2, 0.25) is 5.91 Å². The van der Waals surface area contributed by atoms with Gasteiger partial charge in [0.05, 0.1) is 0 Å². The molecule has 1 saturated heterocycles. The van der Waals surface area contributed by atoms with E-state index in [-0.39, 0.29) is 12.5 Å². The third-order valence-corrected chi connectivity index (χ3v) is 1.87. The van der Waals surface area contributed by atoms with E-state index in [4.69, 9.17) is 6.42 Å². The number of amides is 1. The van der Waals surface area contributed by atoms with Crippen LogP contribution in [0.15, 0.2) is 0 Å². The Bertz CT molecular complexity index is 254. The highest BCUT2D eigenvalue weighted by molar-refractivity contribution is 5.98. The Kier molecular flexibility index (Phi) is 3.32. The summed E-state index contributed by atoms with van der Waals surface area (Å²) in [6.07, 6.45) is 6.27. The monoisotopic (exact) mass is 181 g/mol. The molecular formula is C9H11NO3. The Morgan fingerprint density at radius 3 is 3.15 bits per heavy atom. The maximum atomic E-state index is 11.2. The topological polar surface area (TPSA) is 55.4 Å². The van der Waals surface area contributed by atoms with Gasteiger partial charge in [0.15, 0.2) is 6.61 Å². The van der Waals surface area contributed by atoms with Gasteiger partial charge < -0.3 is 10.1 Å². The molecule has 0 aromatic rings. The van der Waals surface area contributed by atoms with Crippen LogP contribution in [0, 0.1) is 18.3 Å². The summed E-state index contributed by atoms with van der Waals surface area (Å²) in [5.74, 6) is 0.738. The molecule has 0 saturated carbocycles. The van der Waals surface area contributed by atoms with Crippen molar-refractivity contribution in [3.8, 4) is 12.3 Å². The number of terminal acetylenes is 1. The molecule has 1 atom stereocenters. The quantitative estimate of drug-likeness (QED) is 0.361. The minimum atomic E-state index is -0.665. The molecule has 0 aromatic carbocycles. The van der Waals surface area contributed by atoms with Crippen molar-refractivity contribution < 1.29 is 14.3 Å². The number of rotatable bonds is 2. The minimum absolute atomic E-state index is 0.0669. The molecule has 1 unspecified atom stereocenters. The lowest BCUT2D eigenvalue weighted by molar-refractivity contribution is -0.152. The molecule has 1 heterocycles. The van der Waals surface area contributed by atoms with E-state index in [1.165, 1.54) is 0 Å². The maximum absolute atomic E-state index is 11.2. The average molecular weight is 181 g/mol. The predicted octanol–water partition coefficient (Wildman–Crippen LogP) is -0.311. The van der Waals surface area contributed by atoms with E-state index in [1.54, 1.807) is 0 Å². The molecule has 1 amide bonds. The first-order valence-corrected chi connectivity index (χ1v) is 4.13. The third kappa shape index (κ3) is 2.48. The summed E-state index contributed by atoms with van der Waals surface area (Å²) in [5, 5.41) is 2.60. The lowest BCUT2D eigenvalue weighted by Crippen LogP contribution is -2.41. The number of esters is 1. The van der Waals surface area contributed by atoms with Gasteiger partial charge in [-0.3, -0.25) is 9.59 Å². The highest BCUT2D eigenvalue weighted by Crippen LogP contribution is 2.12. The first-order valence-electron chi connectivity index (χ1n) is 4.13. The number of hydrogen-bond donors (Lipinski definition) is 1. The lowest BCUT2D eigenvalue weighted by atomic mass is 9.99. The molecule has 4 heteroatoms. The van der Waals surface area contributed by atoms with Gasteiger partial charge in [0, 0.05) is 6.54 Å². The van der Waals surface area contributed by atoms with Crippen LogP contribution >= 0.6 is 0 Å². The molecule has 1 aliphatic heterocycles. The van der Waals surface area contributed by atoms with Gasteiger partial charge >= 0.3 is 5.97 Å². The zero-order chi connectivity index (χ0) is 9.68. The average Bonchev–Trinajstić information content (AvgIpc) is 2.15. The molecule has 0 aliphatic carbocycles. The van der Waals surface area contributed by atoms with E-state index in [2.05, 4.69) is 16.0 Å². The zero-order valence-electron chi connectivity index (χ0n) is 7.21. The van der Waals surface area contributed by atoms with Crippen molar-refractivity contribution in [3.05, 3.63) is 0 Å². The first-order chi connectivity index (χ1) is 6.25. The van der Waals surface area contributed by atoms with Crippen molar-refractivity contribution in [1.29, 1.82) is 0 Å². The van der Waals surface area contributed by atoms with Crippen LogP contribution in [0.1, 0.15) is 12.8 Å². The van der Waals surface area contributed by atoms with Gasteiger partial charge in [-0.2, -0.15) is 0 Å². The fraction of sp³-hybridized carbons (Fsp3) is 0.556. The van der Waals surface area contributed by atoms with E-state index < -0.39 is 11.9 Å². The molecule has 0 bridgehead atoms. The van der Waals surface area contributed by atoms with Gasteiger partial charge in [0.1, 0.15) is 5.92 Å². The summed E-state index contributed by atoms with van der Waals surface area (Å²) >= 11 is 0. The molecule has 13 heavy (non-hydrogen) atoms. The normalized spacial score (nSPS) is 21.5. The summed E-state index contributed by atoms with van der Waals surface area (Å²) in [6, 6.07) is 0. The van der Waals surface area contributed by atoms with Gasteiger partial charge in [-0.05, 0) is 12.8 Å². The predicted molar refractivity (Wildman–Crippen MR) is 45.5 cm³/mol. The van der Waals surface area contributed by atoms with Crippen LogP contribution in [0.3, 0.4) is 0 Å². The Hall–Kier alpha value is -1.50. The van der Waals surface area contributed by atoms with Crippen LogP contribution in [0.2, 0.25) is 0 Å². The van der Waals surface area contributed by atoms with Crippen molar-refractivity contribution in [2.75, 3.05) is 13.2 Å². The molecule has 1 rings (SSSR count). The van der Waals surface area contributed by atoms with Crippen LogP contribution in [0.5, 0.6) is 0 Å². The highest BCUT2D eigenvalue weighted by atomic mass is 16.5. The maximum Gasteiger partial charge on any atom is 0.319 e. The van der Waals surface area contributed by atoms with Crippen molar-refractivity contribution in [1.82, 2.24) is 5.32 Å². The van der Waals surface area contributed by atoms with Crippen molar-refractivity contribution >= 4 is 11.9 Å². The number of ether oxygens (including phenoxy) is 1. The van der Waals surface area contributed by atoms with Gasteiger partial charge in [0.25, 0.3) is 0 Å². The van der Waals surface area contributed by atoms with Crippen LogP contribution in [-0.4, -0.2) is 25.0 Å². The molecule has 1 N–H and O–H groups in total.